The first-order valence-corrected chi connectivity index (χ1v) is 6.87. The summed E-state index contributed by atoms with van der Waals surface area (Å²) in [6.07, 6.45) is 0. The lowest BCUT2D eigenvalue weighted by molar-refractivity contribution is -0.114. The Morgan fingerprint density at radius 3 is 2.53 bits per heavy atom. The molecule has 0 aliphatic carbocycles. The van der Waals surface area contributed by atoms with Gasteiger partial charge in [-0.3, -0.25) is 4.79 Å². The van der Waals surface area contributed by atoms with Crippen molar-refractivity contribution in [2.24, 2.45) is 0 Å². The van der Waals surface area contributed by atoms with Crippen LogP contribution in [0.2, 0.25) is 0 Å². The number of halogens is 1. The maximum atomic E-state index is 12.8. The molecule has 0 aliphatic rings. The molecule has 2 rings (SSSR count). The standard InChI is InChI=1S/C15H14FNOS/c1-11(18)17-14-4-2-3-5-15(14)19-10-12-6-8-13(16)9-7-12/h2-9H,10H2,1H3,(H,17,18). The van der Waals surface area contributed by atoms with Gasteiger partial charge in [0.2, 0.25) is 5.91 Å². The maximum Gasteiger partial charge on any atom is 0.221 e. The van der Waals surface area contributed by atoms with Gasteiger partial charge in [0.05, 0.1) is 5.69 Å². The number of thioether (sulfide) groups is 1. The number of anilines is 1. The van der Waals surface area contributed by atoms with E-state index >= 15 is 0 Å². The van der Waals surface area contributed by atoms with Gasteiger partial charge in [-0.05, 0) is 29.8 Å². The van der Waals surface area contributed by atoms with E-state index in [1.54, 1.807) is 23.9 Å². The summed E-state index contributed by atoms with van der Waals surface area (Å²) >= 11 is 1.61. The predicted molar refractivity (Wildman–Crippen MR) is 76.7 cm³/mol. The topological polar surface area (TPSA) is 29.1 Å². The fourth-order valence-electron chi connectivity index (χ4n) is 1.63. The Morgan fingerprint density at radius 1 is 1.16 bits per heavy atom. The van der Waals surface area contributed by atoms with Crippen molar-refractivity contribution in [1.29, 1.82) is 0 Å². The molecule has 0 heterocycles. The number of nitrogens with one attached hydrogen (secondary N) is 1. The lowest BCUT2D eigenvalue weighted by Gasteiger charge is -2.09. The Bertz CT molecular complexity index is 569. The number of carbonyl (C=O) groups excluding carboxylic acids is 1. The van der Waals surface area contributed by atoms with E-state index in [1.807, 2.05) is 24.3 Å². The van der Waals surface area contributed by atoms with Crippen LogP contribution >= 0.6 is 11.8 Å². The molecule has 0 aliphatic heterocycles. The molecule has 19 heavy (non-hydrogen) atoms. The molecule has 1 N–H and O–H groups in total. The second-order valence-electron chi connectivity index (χ2n) is 4.09. The summed E-state index contributed by atoms with van der Waals surface area (Å²) in [5.41, 5.74) is 1.85. The normalized spacial score (nSPS) is 10.2. The Morgan fingerprint density at radius 2 is 1.84 bits per heavy atom. The fourth-order valence-corrected chi connectivity index (χ4v) is 2.59. The number of hydrogen-bond acceptors (Lipinski definition) is 2. The maximum absolute atomic E-state index is 12.8. The Kier molecular flexibility index (Phi) is 4.58. The number of amides is 1. The minimum absolute atomic E-state index is 0.0881. The highest BCUT2D eigenvalue weighted by Crippen LogP contribution is 2.29. The van der Waals surface area contributed by atoms with Crippen LogP contribution < -0.4 is 5.32 Å². The summed E-state index contributed by atoms with van der Waals surface area (Å²) in [7, 11) is 0. The van der Waals surface area contributed by atoms with E-state index in [1.165, 1.54) is 19.1 Å². The van der Waals surface area contributed by atoms with Crippen molar-refractivity contribution in [3.8, 4) is 0 Å². The molecular formula is C15H14FNOS. The van der Waals surface area contributed by atoms with Crippen molar-refractivity contribution >= 4 is 23.4 Å². The summed E-state index contributed by atoms with van der Waals surface area (Å²) < 4.78 is 12.8. The first kappa shape index (κ1) is 13.6. The van der Waals surface area contributed by atoms with E-state index in [9.17, 15) is 9.18 Å². The molecule has 0 saturated heterocycles. The number of benzene rings is 2. The van der Waals surface area contributed by atoms with Gasteiger partial charge in [-0.1, -0.05) is 24.3 Å². The van der Waals surface area contributed by atoms with Crippen molar-refractivity contribution in [3.63, 3.8) is 0 Å². The van der Waals surface area contributed by atoms with E-state index in [4.69, 9.17) is 0 Å². The number of rotatable bonds is 4. The van der Waals surface area contributed by atoms with Crippen LogP contribution in [-0.4, -0.2) is 5.91 Å². The zero-order chi connectivity index (χ0) is 13.7. The molecular weight excluding hydrogens is 261 g/mol. The summed E-state index contributed by atoms with van der Waals surface area (Å²) in [6.45, 7) is 1.49. The van der Waals surface area contributed by atoms with E-state index in [2.05, 4.69) is 5.32 Å². The van der Waals surface area contributed by atoms with E-state index in [-0.39, 0.29) is 11.7 Å². The second-order valence-corrected chi connectivity index (χ2v) is 5.11. The summed E-state index contributed by atoms with van der Waals surface area (Å²) in [4.78, 5) is 12.1. The summed E-state index contributed by atoms with van der Waals surface area (Å²) in [5.74, 6) is 0.416. The number of para-hydroxylation sites is 1. The lowest BCUT2D eigenvalue weighted by Crippen LogP contribution is -2.06. The van der Waals surface area contributed by atoms with Crippen molar-refractivity contribution in [1.82, 2.24) is 0 Å². The Hall–Kier alpha value is -1.81. The van der Waals surface area contributed by atoms with Crippen LogP contribution in [0.25, 0.3) is 0 Å². The highest BCUT2D eigenvalue weighted by atomic mass is 32.2. The third-order valence-corrected chi connectivity index (χ3v) is 3.65. The average Bonchev–Trinajstić information content (AvgIpc) is 2.39. The first-order chi connectivity index (χ1) is 9.15. The van der Waals surface area contributed by atoms with Gasteiger partial charge in [-0.15, -0.1) is 11.8 Å². The summed E-state index contributed by atoms with van der Waals surface area (Å²) in [5, 5.41) is 2.80. The molecule has 2 nitrogen and oxygen atoms in total. The van der Waals surface area contributed by atoms with Crippen molar-refractivity contribution in [2.75, 3.05) is 5.32 Å². The molecule has 0 aromatic heterocycles. The molecule has 0 fully saturated rings. The summed E-state index contributed by atoms with van der Waals surface area (Å²) in [6, 6.07) is 14.1. The molecule has 0 atom stereocenters. The van der Waals surface area contributed by atoms with Gasteiger partial charge >= 0.3 is 0 Å². The van der Waals surface area contributed by atoms with Gasteiger partial charge in [0.25, 0.3) is 0 Å². The smallest absolute Gasteiger partial charge is 0.221 e. The van der Waals surface area contributed by atoms with Gasteiger partial charge < -0.3 is 5.32 Å². The fraction of sp³-hybridized carbons (Fsp3) is 0.133. The predicted octanol–water partition coefficient (Wildman–Crippen LogP) is 4.08. The average molecular weight is 275 g/mol. The van der Waals surface area contributed by atoms with Gasteiger partial charge in [-0.2, -0.15) is 0 Å². The second kappa shape index (κ2) is 6.38. The van der Waals surface area contributed by atoms with Crippen LogP contribution in [0, 0.1) is 5.82 Å². The van der Waals surface area contributed by atoms with E-state index < -0.39 is 0 Å². The molecule has 0 radical (unpaired) electrons. The van der Waals surface area contributed by atoms with E-state index in [0.717, 1.165) is 21.9 Å². The molecule has 0 unspecified atom stereocenters. The van der Waals surface area contributed by atoms with Crippen molar-refractivity contribution in [2.45, 2.75) is 17.6 Å². The van der Waals surface area contributed by atoms with Crippen LogP contribution in [0.1, 0.15) is 12.5 Å². The number of hydrogen-bond donors (Lipinski definition) is 1. The highest BCUT2D eigenvalue weighted by molar-refractivity contribution is 7.98. The molecule has 2 aromatic rings. The van der Waals surface area contributed by atoms with Gasteiger partial charge in [0, 0.05) is 17.6 Å². The third-order valence-electron chi connectivity index (χ3n) is 2.51. The first-order valence-electron chi connectivity index (χ1n) is 5.89. The quantitative estimate of drug-likeness (QED) is 0.852. The van der Waals surface area contributed by atoms with E-state index in [0.29, 0.717) is 0 Å². The highest BCUT2D eigenvalue weighted by Gasteiger charge is 2.04. The molecule has 4 heteroatoms. The van der Waals surface area contributed by atoms with Crippen LogP contribution in [-0.2, 0) is 10.5 Å². The molecule has 98 valence electrons. The number of carbonyl (C=O) groups is 1. The van der Waals surface area contributed by atoms with Crippen LogP contribution in [0.3, 0.4) is 0 Å². The monoisotopic (exact) mass is 275 g/mol. The van der Waals surface area contributed by atoms with Gasteiger partial charge in [0.15, 0.2) is 0 Å². The lowest BCUT2D eigenvalue weighted by atomic mass is 10.2. The molecule has 0 bridgehead atoms. The SMILES string of the molecule is CC(=O)Nc1ccccc1SCc1ccc(F)cc1. The zero-order valence-corrected chi connectivity index (χ0v) is 11.3. The van der Waals surface area contributed by atoms with Crippen LogP contribution in [0.15, 0.2) is 53.4 Å². The largest absolute Gasteiger partial charge is 0.325 e. The minimum Gasteiger partial charge on any atom is -0.325 e. The van der Waals surface area contributed by atoms with Crippen molar-refractivity contribution in [3.05, 3.63) is 59.9 Å². The molecule has 2 aromatic carbocycles. The zero-order valence-electron chi connectivity index (χ0n) is 10.5. The Balaban J connectivity index is 2.06. The molecule has 0 spiro atoms. The molecule has 0 saturated carbocycles. The Labute approximate surface area is 116 Å². The van der Waals surface area contributed by atoms with Crippen LogP contribution in [0.5, 0.6) is 0 Å². The van der Waals surface area contributed by atoms with Crippen LogP contribution in [0.4, 0.5) is 10.1 Å². The van der Waals surface area contributed by atoms with Crippen molar-refractivity contribution < 1.29 is 9.18 Å². The van der Waals surface area contributed by atoms with Gasteiger partial charge in [-0.25, -0.2) is 4.39 Å². The third kappa shape index (κ3) is 4.10. The minimum atomic E-state index is -0.229. The molecule has 1 amide bonds. The van der Waals surface area contributed by atoms with Gasteiger partial charge in [0.1, 0.15) is 5.82 Å².